The Balaban J connectivity index is 1.81. The van der Waals surface area contributed by atoms with Gasteiger partial charge in [-0.1, -0.05) is 23.5 Å². The summed E-state index contributed by atoms with van der Waals surface area (Å²) in [6.07, 6.45) is 0. The van der Waals surface area contributed by atoms with Gasteiger partial charge in [0.05, 0.1) is 16.3 Å². The largest absolute Gasteiger partial charge is 0.332 e. The van der Waals surface area contributed by atoms with Gasteiger partial charge < -0.3 is 10.6 Å². The quantitative estimate of drug-likeness (QED) is 0.757. The molecule has 0 atom stereocenters. The van der Waals surface area contributed by atoms with Crippen LogP contribution in [0.3, 0.4) is 0 Å². The third-order valence-corrected chi connectivity index (χ3v) is 4.64. The number of hydrogen-bond donors (Lipinski definition) is 2. The minimum Gasteiger partial charge on any atom is -0.332 e. The summed E-state index contributed by atoms with van der Waals surface area (Å²) in [7, 11) is 0. The van der Waals surface area contributed by atoms with Crippen LogP contribution in [0.25, 0.3) is 10.6 Å². The molecule has 1 aromatic carbocycles. The summed E-state index contributed by atoms with van der Waals surface area (Å²) in [5.74, 6) is -0.123. The van der Waals surface area contributed by atoms with Crippen molar-refractivity contribution >= 4 is 44.5 Å². The number of aromatic nitrogens is 2. The Kier molecular flexibility index (Phi) is 4.17. The summed E-state index contributed by atoms with van der Waals surface area (Å²) in [6.45, 7) is 3.38. The van der Waals surface area contributed by atoms with Crippen molar-refractivity contribution < 1.29 is 4.79 Å². The maximum absolute atomic E-state index is 11.1. The molecule has 0 bridgehead atoms. The van der Waals surface area contributed by atoms with Crippen LogP contribution in [0.2, 0.25) is 0 Å². The summed E-state index contributed by atoms with van der Waals surface area (Å²) >= 11 is 2.96. The molecule has 22 heavy (non-hydrogen) atoms. The molecule has 7 heteroatoms. The van der Waals surface area contributed by atoms with Gasteiger partial charge in [0.2, 0.25) is 5.91 Å². The molecule has 2 N–H and O–H groups in total. The van der Waals surface area contributed by atoms with Gasteiger partial charge in [0.15, 0.2) is 10.3 Å². The minimum atomic E-state index is -0.123. The first-order valence-electron chi connectivity index (χ1n) is 6.56. The zero-order valence-electron chi connectivity index (χ0n) is 12.0. The highest BCUT2D eigenvalue weighted by Crippen LogP contribution is 2.35. The molecule has 0 fully saturated rings. The number of carbonyl (C=O) groups is 1. The van der Waals surface area contributed by atoms with Crippen molar-refractivity contribution in [3.63, 3.8) is 0 Å². The summed E-state index contributed by atoms with van der Waals surface area (Å²) in [5, 5.41) is 9.36. The van der Waals surface area contributed by atoms with Crippen LogP contribution in [0.4, 0.5) is 16.0 Å². The lowest BCUT2D eigenvalue weighted by molar-refractivity contribution is -0.114. The maximum Gasteiger partial charge on any atom is 0.223 e. The van der Waals surface area contributed by atoms with Crippen LogP contribution in [0, 0.1) is 13.0 Å². The number of hydrogen-bond acceptors (Lipinski definition) is 6. The fraction of sp³-hybridized carbons (Fsp3) is 0.133. The van der Waals surface area contributed by atoms with Crippen molar-refractivity contribution in [2.45, 2.75) is 13.8 Å². The number of nitrogens with one attached hydrogen (secondary N) is 2. The van der Waals surface area contributed by atoms with Gasteiger partial charge in [0.1, 0.15) is 0 Å². The highest BCUT2D eigenvalue weighted by Gasteiger charge is 2.13. The highest BCUT2D eigenvalue weighted by molar-refractivity contribution is 7.20. The Bertz CT molecular complexity index is 795. The second-order valence-electron chi connectivity index (χ2n) is 4.57. The van der Waals surface area contributed by atoms with Crippen LogP contribution in [-0.4, -0.2) is 15.9 Å². The molecule has 1 amide bonds. The second kappa shape index (κ2) is 6.25. The van der Waals surface area contributed by atoms with E-state index in [2.05, 4.69) is 26.7 Å². The number of thiazole rings is 2. The van der Waals surface area contributed by atoms with E-state index < -0.39 is 0 Å². The SMILES string of the molecule is CC(=O)Nc1nc(C)c(-c2csc(Nc3cc[c]cc3)n2)s1. The van der Waals surface area contributed by atoms with E-state index in [1.54, 1.807) is 0 Å². The Hall–Kier alpha value is -2.25. The second-order valence-corrected chi connectivity index (χ2v) is 6.42. The molecule has 2 heterocycles. The fourth-order valence-electron chi connectivity index (χ4n) is 1.87. The van der Waals surface area contributed by atoms with Gasteiger partial charge in [-0.25, -0.2) is 9.97 Å². The van der Waals surface area contributed by atoms with Gasteiger partial charge in [0.25, 0.3) is 0 Å². The standard InChI is InChI=1S/C15H13N4OS2/c1-9-13(22-15(16-9)17-10(2)20)12-8-21-14(19-12)18-11-6-4-3-5-7-11/h4-8H,1-2H3,(H,18,19)(H,16,17,20). The molecule has 0 aliphatic carbocycles. The first-order valence-corrected chi connectivity index (χ1v) is 8.25. The predicted molar refractivity (Wildman–Crippen MR) is 90.8 cm³/mol. The van der Waals surface area contributed by atoms with Gasteiger partial charge in [-0.15, -0.1) is 11.3 Å². The highest BCUT2D eigenvalue weighted by atomic mass is 32.1. The number of anilines is 3. The molecule has 3 aromatic rings. The van der Waals surface area contributed by atoms with Crippen molar-refractivity contribution in [3.05, 3.63) is 41.4 Å². The van der Waals surface area contributed by atoms with Crippen LogP contribution in [0.5, 0.6) is 0 Å². The molecule has 2 aromatic heterocycles. The third kappa shape index (κ3) is 3.32. The number of rotatable bonds is 4. The molecule has 0 spiro atoms. The number of carbonyl (C=O) groups excluding carboxylic acids is 1. The van der Waals surface area contributed by atoms with Crippen molar-refractivity contribution in [2.24, 2.45) is 0 Å². The molecule has 1 radical (unpaired) electrons. The molecule has 111 valence electrons. The van der Waals surface area contributed by atoms with Crippen LogP contribution in [0.15, 0.2) is 29.6 Å². The van der Waals surface area contributed by atoms with Crippen LogP contribution < -0.4 is 10.6 Å². The summed E-state index contributed by atoms with van der Waals surface area (Å²) in [5.41, 5.74) is 2.70. The van der Waals surface area contributed by atoms with Gasteiger partial charge in [-0.3, -0.25) is 4.79 Å². The molecule has 3 rings (SSSR count). The van der Waals surface area contributed by atoms with Crippen molar-refractivity contribution in [2.75, 3.05) is 10.6 Å². The van der Waals surface area contributed by atoms with E-state index in [-0.39, 0.29) is 5.91 Å². The fourth-order valence-corrected chi connectivity index (χ4v) is 3.64. The average molecular weight is 329 g/mol. The van der Waals surface area contributed by atoms with Gasteiger partial charge in [-0.05, 0) is 25.1 Å². The molecular weight excluding hydrogens is 316 g/mol. The lowest BCUT2D eigenvalue weighted by atomic mass is 10.3. The third-order valence-electron chi connectivity index (χ3n) is 2.79. The van der Waals surface area contributed by atoms with E-state index in [9.17, 15) is 4.79 Å². The van der Waals surface area contributed by atoms with E-state index in [4.69, 9.17) is 0 Å². The maximum atomic E-state index is 11.1. The van der Waals surface area contributed by atoms with E-state index >= 15 is 0 Å². The number of amides is 1. The van der Waals surface area contributed by atoms with E-state index in [1.165, 1.54) is 29.6 Å². The van der Waals surface area contributed by atoms with E-state index in [0.29, 0.717) is 5.13 Å². The Labute approximate surface area is 136 Å². The van der Waals surface area contributed by atoms with Crippen molar-refractivity contribution in [1.29, 1.82) is 0 Å². The Morgan fingerprint density at radius 3 is 2.73 bits per heavy atom. The topological polar surface area (TPSA) is 66.9 Å². The Morgan fingerprint density at radius 2 is 2.00 bits per heavy atom. The molecule has 0 saturated carbocycles. The number of benzene rings is 1. The smallest absolute Gasteiger partial charge is 0.223 e. The van der Waals surface area contributed by atoms with Crippen LogP contribution in [0.1, 0.15) is 12.6 Å². The molecule has 0 aliphatic heterocycles. The van der Waals surface area contributed by atoms with E-state index in [0.717, 1.165) is 27.1 Å². The van der Waals surface area contributed by atoms with Gasteiger partial charge in [-0.2, -0.15) is 0 Å². The average Bonchev–Trinajstić information content (AvgIpc) is 3.06. The first kappa shape index (κ1) is 14.7. The molecule has 0 unspecified atom stereocenters. The summed E-state index contributed by atoms with van der Waals surface area (Å²) in [4.78, 5) is 21.0. The Morgan fingerprint density at radius 1 is 1.23 bits per heavy atom. The van der Waals surface area contributed by atoms with E-state index in [1.807, 2.05) is 36.6 Å². The van der Waals surface area contributed by atoms with Crippen LogP contribution >= 0.6 is 22.7 Å². The summed E-state index contributed by atoms with van der Waals surface area (Å²) < 4.78 is 0. The van der Waals surface area contributed by atoms with Crippen LogP contribution in [-0.2, 0) is 4.79 Å². The monoisotopic (exact) mass is 329 g/mol. The van der Waals surface area contributed by atoms with Gasteiger partial charge >= 0.3 is 0 Å². The first-order chi connectivity index (χ1) is 10.6. The van der Waals surface area contributed by atoms with Crippen molar-refractivity contribution in [3.8, 4) is 10.6 Å². The molecule has 0 saturated heterocycles. The summed E-state index contributed by atoms with van der Waals surface area (Å²) in [6, 6.07) is 10.6. The minimum absolute atomic E-state index is 0.123. The zero-order valence-corrected chi connectivity index (χ0v) is 13.6. The molecule has 5 nitrogen and oxygen atoms in total. The van der Waals surface area contributed by atoms with Gasteiger partial charge in [0, 0.05) is 18.0 Å². The lowest BCUT2D eigenvalue weighted by Crippen LogP contribution is -2.04. The van der Waals surface area contributed by atoms with Crippen molar-refractivity contribution in [1.82, 2.24) is 9.97 Å². The zero-order chi connectivity index (χ0) is 15.5. The molecular formula is C15H13N4OS2. The number of nitrogens with zero attached hydrogens (tertiary/aromatic N) is 2. The molecule has 0 aliphatic rings. The lowest BCUT2D eigenvalue weighted by Gasteiger charge is -2.00. The number of aryl methyl sites for hydroxylation is 1. The predicted octanol–water partition coefficient (Wildman–Crippen LogP) is 4.08. The normalized spacial score (nSPS) is 10.5.